The Balaban J connectivity index is 1.84. The van der Waals surface area contributed by atoms with E-state index < -0.39 is 0 Å². The first-order chi connectivity index (χ1) is 11.1. The van der Waals surface area contributed by atoms with E-state index in [-0.39, 0.29) is 11.2 Å². The van der Waals surface area contributed by atoms with Crippen LogP contribution in [0.5, 0.6) is 5.75 Å². The normalized spacial score (nSPS) is 17.7. The first-order valence-electron chi connectivity index (χ1n) is 8.06. The summed E-state index contributed by atoms with van der Waals surface area (Å²) in [5.41, 5.74) is 0.747. The summed E-state index contributed by atoms with van der Waals surface area (Å²) in [7, 11) is 2.16. The zero-order chi connectivity index (χ0) is 16.7. The average Bonchev–Trinajstić information content (AvgIpc) is 2.57. The van der Waals surface area contributed by atoms with Crippen molar-refractivity contribution in [3.8, 4) is 5.75 Å². The van der Waals surface area contributed by atoms with Gasteiger partial charge in [-0.25, -0.2) is 0 Å². The molecule has 0 radical (unpaired) electrons. The number of piperazine rings is 1. The molecule has 1 aliphatic rings. The third-order valence-electron chi connectivity index (χ3n) is 4.13. The standard InChI is InChI=1S/C17H27N3O2S/c1-14(23-3)17(21)18-15-6-4-5-7-16(15)22-13-12-20-10-8-19(2)9-11-20/h4-7,14H,8-13H2,1-3H3,(H,18,21). The molecule has 0 saturated carbocycles. The minimum atomic E-state index is -0.0756. The molecule has 1 N–H and O–H groups in total. The van der Waals surface area contributed by atoms with Gasteiger partial charge in [0.25, 0.3) is 0 Å². The number of carbonyl (C=O) groups excluding carboxylic acids is 1. The fraction of sp³-hybridized carbons (Fsp3) is 0.588. The third-order valence-corrected chi connectivity index (χ3v) is 5.05. The number of ether oxygens (including phenoxy) is 1. The Kier molecular flexibility index (Phi) is 7.20. The Morgan fingerprint density at radius 1 is 1.30 bits per heavy atom. The monoisotopic (exact) mass is 337 g/mol. The maximum atomic E-state index is 12.0. The molecule has 1 saturated heterocycles. The van der Waals surface area contributed by atoms with Crippen molar-refractivity contribution in [1.82, 2.24) is 9.80 Å². The molecule has 1 aromatic rings. The van der Waals surface area contributed by atoms with Gasteiger partial charge in [-0.2, -0.15) is 11.8 Å². The highest BCUT2D eigenvalue weighted by molar-refractivity contribution is 7.99. The highest BCUT2D eigenvalue weighted by atomic mass is 32.2. The summed E-state index contributed by atoms with van der Waals surface area (Å²) in [5, 5.41) is 2.87. The van der Waals surface area contributed by atoms with Gasteiger partial charge >= 0.3 is 0 Å². The van der Waals surface area contributed by atoms with Gasteiger partial charge in [0.15, 0.2) is 0 Å². The average molecular weight is 337 g/mol. The van der Waals surface area contributed by atoms with Crippen LogP contribution in [0.3, 0.4) is 0 Å². The van der Waals surface area contributed by atoms with Crippen LogP contribution >= 0.6 is 11.8 Å². The molecule has 128 valence electrons. The summed E-state index contributed by atoms with van der Waals surface area (Å²) < 4.78 is 5.90. The zero-order valence-corrected chi connectivity index (χ0v) is 15.1. The van der Waals surface area contributed by atoms with Gasteiger partial charge < -0.3 is 15.0 Å². The van der Waals surface area contributed by atoms with Gasteiger partial charge in [-0.3, -0.25) is 9.69 Å². The summed E-state index contributed by atoms with van der Waals surface area (Å²) in [6, 6.07) is 7.63. The second-order valence-electron chi connectivity index (χ2n) is 5.86. The number of likely N-dealkylation sites (N-methyl/N-ethyl adjacent to an activating group) is 1. The minimum Gasteiger partial charge on any atom is -0.490 e. The summed E-state index contributed by atoms with van der Waals surface area (Å²) in [6.45, 7) is 7.84. The van der Waals surface area contributed by atoms with Gasteiger partial charge in [0.1, 0.15) is 12.4 Å². The maximum Gasteiger partial charge on any atom is 0.237 e. The lowest BCUT2D eigenvalue weighted by Crippen LogP contribution is -2.45. The van der Waals surface area contributed by atoms with E-state index in [9.17, 15) is 4.79 Å². The Labute approximate surface area is 143 Å². The molecule has 6 heteroatoms. The number of hydrogen-bond donors (Lipinski definition) is 1. The highest BCUT2D eigenvalue weighted by Crippen LogP contribution is 2.24. The van der Waals surface area contributed by atoms with Crippen molar-refractivity contribution < 1.29 is 9.53 Å². The van der Waals surface area contributed by atoms with E-state index in [1.165, 1.54) is 11.8 Å². The number of thioether (sulfide) groups is 1. The molecular weight excluding hydrogens is 310 g/mol. The van der Waals surface area contributed by atoms with Crippen molar-refractivity contribution in [2.45, 2.75) is 12.2 Å². The quantitative estimate of drug-likeness (QED) is 0.824. The molecule has 5 nitrogen and oxygen atoms in total. The van der Waals surface area contributed by atoms with Crippen LogP contribution in [0.15, 0.2) is 24.3 Å². The topological polar surface area (TPSA) is 44.8 Å². The maximum absolute atomic E-state index is 12.0. The van der Waals surface area contributed by atoms with Crippen molar-refractivity contribution in [2.24, 2.45) is 0 Å². The lowest BCUT2D eigenvalue weighted by molar-refractivity contribution is -0.115. The number of nitrogens with zero attached hydrogens (tertiary/aromatic N) is 2. The van der Waals surface area contributed by atoms with Crippen LogP contribution in [0.4, 0.5) is 5.69 Å². The van der Waals surface area contributed by atoms with Gasteiger partial charge in [0.2, 0.25) is 5.91 Å². The van der Waals surface area contributed by atoms with Crippen LogP contribution in [0.25, 0.3) is 0 Å². The van der Waals surface area contributed by atoms with Crippen LogP contribution in [-0.4, -0.2) is 73.6 Å². The fourth-order valence-corrected chi connectivity index (χ4v) is 2.67. The molecule has 1 atom stereocenters. The summed E-state index contributed by atoms with van der Waals surface area (Å²) >= 11 is 1.53. The van der Waals surface area contributed by atoms with Crippen LogP contribution in [0, 0.1) is 0 Å². The lowest BCUT2D eigenvalue weighted by Gasteiger charge is -2.32. The van der Waals surface area contributed by atoms with E-state index in [4.69, 9.17) is 4.74 Å². The lowest BCUT2D eigenvalue weighted by atomic mass is 10.3. The molecule has 0 aliphatic carbocycles. The molecule has 23 heavy (non-hydrogen) atoms. The van der Waals surface area contributed by atoms with E-state index in [1.807, 2.05) is 37.4 Å². The molecule has 0 aromatic heterocycles. The van der Waals surface area contributed by atoms with Crippen molar-refractivity contribution in [3.63, 3.8) is 0 Å². The molecule has 1 aromatic carbocycles. The van der Waals surface area contributed by atoms with E-state index in [2.05, 4.69) is 22.2 Å². The van der Waals surface area contributed by atoms with E-state index in [0.717, 1.165) is 44.2 Å². The van der Waals surface area contributed by atoms with Crippen molar-refractivity contribution in [1.29, 1.82) is 0 Å². The second kappa shape index (κ2) is 9.15. The van der Waals surface area contributed by atoms with Gasteiger partial charge in [0, 0.05) is 32.7 Å². The smallest absolute Gasteiger partial charge is 0.237 e. The number of rotatable bonds is 7. The van der Waals surface area contributed by atoms with Crippen LogP contribution in [0.2, 0.25) is 0 Å². The summed E-state index contributed by atoms with van der Waals surface area (Å²) in [4.78, 5) is 16.8. The van der Waals surface area contributed by atoms with Crippen LogP contribution in [-0.2, 0) is 4.79 Å². The zero-order valence-electron chi connectivity index (χ0n) is 14.2. The number of nitrogens with one attached hydrogen (secondary N) is 1. The van der Waals surface area contributed by atoms with Crippen LogP contribution < -0.4 is 10.1 Å². The first-order valence-corrected chi connectivity index (χ1v) is 9.35. The molecule has 1 heterocycles. The van der Waals surface area contributed by atoms with Gasteiger partial charge in [-0.15, -0.1) is 0 Å². The molecule has 1 aliphatic heterocycles. The third kappa shape index (κ3) is 5.71. The molecule has 1 fully saturated rings. The van der Waals surface area contributed by atoms with E-state index in [0.29, 0.717) is 6.61 Å². The number of anilines is 1. The molecule has 1 unspecified atom stereocenters. The molecular formula is C17H27N3O2S. The number of hydrogen-bond acceptors (Lipinski definition) is 5. The molecule has 1 amide bonds. The van der Waals surface area contributed by atoms with E-state index >= 15 is 0 Å². The highest BCUT2D eigenvalue weighted by Gasteiger charge is 2.15. The Morgan fingerprint density at radius 3 is 2.70 bits per heavy atom. The Morgan fingerprint density at radius 2 is 2.00 bits per heavy atom. The van der Waals surface area contributed by atoms with Crippen molar-refractivity contribution in [3.05, 3.63) is 24.3 Å². The number of carbonyl (C=O) groups is 1. The number of para-hydroxylation sites is 2. The minimum absolute atomic E-state index is 0.00705. The number of amides is 1. The first kappa shape index (κ1) is 18.1. The summed E-state index contributed by atoms with van der Waals surface area (Å²) in [5.74, 6) is 0.746. The van der Waals surface area contributed by atoms with Crippen molar-refractivity contribution in [2.75, 3.05) is 58.0 Å². The number of benzene rings is 1. The molecule has 0 bridgehead atoms. The van der Waals surface area contributed by atoms with Gasteiger partial charge in [-0.1, -0.05) is 12.1 Å². The van der Waals surface area contributed by atoms with Crippen LogP contribution in [0.1, 0.15) is 6.92 Å². The van der Waals surface area contributed by atoms with Gasteiger partial charge in [-0.05, 0) is 32.4 Å². The Hall–Kier alpha value is -1.24. The summed E-state index contributed by atoms with van der Waals surface area (Å²) in [6.07, 6.45) is 1.93. The Bertz CT molecular complexity index is 504. The predicted molar refractivity (Wildman–Crippen MR) is 97.5 cm³/mol. The molecule has 0 spiro atoms. The predicted octanol–water partition coefficient (Wildman–Crippen LogP) is 2.00. The van der Waals surface area contributed by atoms with Gasteiger partial charge in [0.05, 0.1) is 10.9 Å². The van der Waals surface area contributed by atoms with Crippen molar-refractivity contribution >= 4 is 23.4 Å². The SMILES string of the molecule is CSC(C)C(=O)Nc1ccccc1OCCN1CCN(C)CC1. The second-order valence-corrected chi connectivity index (χ2v) is 7.04. The van der Waals surface area contributed by atoms with E-state index in [1.54, 1.807) is 0 Å². The fourth-order valence-electron chi connectivity index (χ4n) is 2.39. The largest absolute Gasteiger partial charge is 0.490 e. The molecule has 2 rings (SSSR count).